The van der Waals surface area contributed by atoms with E-state index >= 15 is 0 Å². The SMILES string of the molecule is C#C[Si](C(C)C)(C(C)C)C(C)C.CC(=O)CC(C)(C)C(Cc1cc(Br)cn1S(=O)(=O)c1ccc(C)cc1)[N+](=O)[O-].CC1=NC(Cc2cc(Br)cn2S(=O)(=O)c2ccc(C)cc2)C(C)(C)C1.CC1=NC(Cc2cc(C#C[Si](C(C)C)(C(C)C)C(C)C)c[nH]2)C(C)(C)C1.CC1=NC(Cc2cc(C#C[Si](C(C)C)(C(C)C)C(C)C)cn2S(=O)(=O)c2ccc(C)cc2)C(C)(C)C1.Cc1ccc(S(=O)(=O)n2cc(Br)cc2CC[N+](=O)[O-])cc1. The number of carbonyl (C=O) groups is 1. The molecule has 9 aromatic rings. The standard InChI is InChI=1S/C30H44N2O2SSi.C23H38N2Si.C19H23BrN2O5S.C19H23BrN2O2S.C13H13BrN2O4S.C11H22Si/c1-21(2)36(22(3)4,23(5)6)16-15-26-17-27(18-29-30(9,10)19-25(8)31-29)32(20-26)35(33,34)28-13-11-24(7)12-14-28;1-16(2)26(17(3)4,18(5)6)11-10-20-12-21(24-15-20)13-22-23(8,9)14-19(7)25-22;1-13-5-7-17(8-6-13)28(26,27)21-12-15(20)9-16(21)10-18(22(24)25)19(3,4)11-14(2)23;1-13-5-7-17(8-6-13)25(23,24)22-12-15(20)9-16(22)10-18-19(3,4)11-14(2)21-18;1-10-2-4-13(5-3-10)21(19,20)15-9-11(14)8-12(15)6-7-16(17)18;1-8-12(9(2)3,10(4)5)11(6)7/h11-14,17,20-23,29H,18-19H2,1-10H3;12,15-18,22,24H,13-14H2,1-9H3;5-9,12,18H,10-11H2,1-4H3;5-9,12,18H,10-11H2,1-4H3;2-5,8-9H,6-7H2,1H3;1,9-11H,2-7H3. The Labute approximate surface area is 915 Å². The van der Waals surface area contributed by atoms with E-state index in [9.17, 15) is 58.7 Å². The first-order valence-corrected chi connectivity index (χ1v) is 66.2. The molecule has 808 valence electrons. The first-order chi connectivity index (χ1) is 68.2. The number of H-pyrrole nitrogens is 1. The number of terminal acetylenes is 1. The zero-order valence-corrected chi connectivity index (χ0v) is 105. The van der Waals surface area contributed by atoms with Crippen LogP contribution in [0.4, 0.5) is 0 Å². The number of aliphatic imine (C=N–C) groups is 3. The number of hydrogen-bond donors (Lipinski definition) is 1. The van der Waals surface area contributed by atoms with E-state index in [-0.39, 0.29) is 75.4 Å². The highest BCUT2D eigenvalue weighted by molar-refractivity contribution is 9.11. The summed E-state index contributed by atoms with van der Waals surface area (Å²) in [7, 11) is -20.1. The summed E-state index contributed by atoms with van der Waals surface area (Å²) in [5.41, 5.74) is 28.6. The number of benzene rings is 4. The molecular weight excluding hydrogens is 2180 g/mol. The lowest BCUT2D eigenvalue weighted by molar-refractivity contribution is -0.540. The average molecular weight is 2350 g/mol. The fraction of sp³-hybridized carbons (Fsp3) is 0.530. The van der Waals surface area contributed by atoms with Crippen molar-refractivity contribution < 1.29 is 48.3 Å². The third-order valence-electron chi connectivity index (χ3n) is 30.1. The quantitative estimate of drug-likeness (QED) is 0.0178. The predicted molar refractivity (Wildman–Crippen MR) is 629 cm³/mol. The Kier molecular flexibility index (Phi) is 43.8. The van der Waals surface area contributed by atoms with Crippen LogP contribution < -0.4 is 0 Å². The van der Waals surface area contributed by atoms with Gasteiger partial charge in [-0.1, -0.05) is 263 Å². The Hall–Kier alpha value is -8.67. The van der Waals surface area contributed by atoms with Crippen LogP contribution in [0.2, 0.25) is 49.9 Å². The van der Waals surface area contributed by atoms with E-state index in [0.717, 1.165) is 94.3 Å². The summed E-state index contributed by atoms with van der Waals surface area (Å²) in [4.78, 5) is 51.7. The van der Waals surface area contributed by atoms with Gasteiger partial charge in [0.1, 0.15) is 30.0 Å². The number of nitrogens with zero attached hydrogens (tertiary/aromatic N) is 9. The minimum Gasteiger partial charge on any atom is -0.364 e. The van der Waals surface area contributed by atoms with Gasteiger partial charge in [-0.15, -0.1) is 23.1 Å². The lowest BCUT2D eigenvalue weighted by atomic mass is 9.78. The number of aromatic amines is 1. The molecule has 0 spiro atoms. The number of nitrogens with one attached hydrogen (secondary N) is 1. The fourth-order valence-corrected chi connectivity index (χ4v) is 45.1. The Morgan fingerprint density at radius 2 is 0.723 bits per heavy atom. The number of Topliss-reactive ketones (excluding diaryl/α,β-unsaturated/α-hetero) is 1. The minimum atomic E-state index is -3.91. The van der Waals surface area contributed by atoms with Crippen LogP contribution in [0.25, 0.3) is 0 Å². The van der Waals surface area contributed by atoms with Crippen LogP contribution >= 0.6 is 47.8 Å². The van der Waals surface area contributed by atoms with Gasteiger partial charge in [-0.25, -0.2) is 49.6 Å². The summed E-state index contributed by atoms with van der Waals surface area (Å²) in [5, 5.41) is 22.2. The van der Waals surface area contributed by atoms with Gasteiger partial charge in [-0.3, -0.25) is 35.2 Å². The van der Waals surface area contributed by atoms with Crippen molar-refractivity contribution in [3.63, 3.8) is 0 Å². The molecule has 148 heavy (non-hydrogen) atoms. The molecule has 0 bridgehead atoms. The van der Waals surface area contributed by atoms with Crippen LogP contribution in [-0.2, 0) is 77.0 Å². The molecule has 5 aromatic heterocycles. The minimum absolute atomic E-state index is 0.00631. The van der Waals surface area contributed by atoms with Gasteiger partial charge in [0.15, 0.2) is 0 Å². The van der Waals surface area contributed by atoms with Gasteiger partial charge in [0.05, 0.1) is 50.5 Å². The Morgan fingerprint density at radius 3 is 1.01 bits per heavy atom. The molecule has 3 aliphatic heterocycles. The first-order valence-electron chi connectivity index (χ1n) is 51.4. The highest BCUT2D eigenvalue weighted by Crippen LogP contribution is 2.46. The van der Waals surface area contributed by atoms with E-state index < -0.39 is 85.6 Å². The molecule has 0 fully saturated rings. The molecule has 4 unspecified atom stereocenters. The molecule has 23 nitrogen and oxygen atoms in total. The molecule has 3 aliphatic rings. The fourth-order valence-electron chi connectivity index (χ4n) is 22.3. The zero-order valence-electron chi connectivity index (χ0n) is 93.8. The summed E-state index contributed by atoms with van der Waals surface area (Å²) >= 11 is 9.91. The van der Waals surface area contributed by atoms with Crippen LogP contribution in [0, 0.1) is 104 Å². The van der Waals surface area contributed by atoms with E-state index in [2.05, 4.69) is 274 Å². The summed E-state index contributed by atoms with van der Waals surface area (Å²) < 4.78 is 112. The molecular formula is C115H163Br3N10O13S4Si3. The van der Waals surface area contributed by atoms with Gasteiger partial charge in [-0.2, -0.15) is 0 Å². The highest BCUT2D eigenvalue weighted by atomic mass is 79.9. The van der Waals surface area contributed by atoms with E-state index in [1.807, 2.05) is 71.0 Å². The third-order valence-corrected chi connectivity index (χ3v) is 57.1. The highest BCUT2D eigenvalue weighted by Gasteiger charge is 2.47. The number of halogens is 3. The lowest BCUT2D eigenvalue weighted by Gasteiger charge is -2.38. The molecule has 0 saturated heterocycles. The Morgan fingerprint density at radius 1 is 0.439 bits per heavy atom. The smallest absolute Gasteiger partial charge is 0.267 e. The largest absolute Gasteiger partial charge is 0.364 e. The number of nitro groups is 2. The van der Waals surface area contributed by atoms with Gasteiger partial charge < -0.3 is 9.78 Å². The van der Waals surface area contributed by atoms with E-state index in [1.165, 1.54) is 62.9 Å². The van der Waals surface area contributed by atoms with Gasteiger partial charge in [0.25, 0.3) is 40.1 Å². The van der Waals surface area contributed by atoms with Crippen molar-refractivity contribution in [2.75, 3.05) is 6.54 Å². The predicted octanol–water partition coefficient (Wildman–Crippen LogP) is 28.8. The number of carbonyl (C=O) groups excluding carboxylic acids is 1. The maximum atomic E-state index is 13.8. The van der Waals surface area contributed by atoms with Crippen molar-refractivity contribution in [2.24, 2.45) is 36.6 Å². The van der Waals surface area contributed by atoms with Crippen LogP contribution in [-0.4, -0.2) is 142 Å². The molecule has 4 aromatic carbocycles. The monoisotopic (exact) mass is 2340 g/mol. The Balaban J connectivity index is 0.000000246. The second-order valence-electron chi connectivity index (χ2n) is 46.3. The van der Waals surface area contributed by atoms with Crippen molar-refractivity contribution >= 4 is 135 Å². The number of aryl methyl sites for hydroxylation is 4. The van der Waals surface area contributed by atoms with Crippen LogP contribution in [0.15, 0.2) is 206 Å². The summed E-state index contributed by atoms with van der Waals surface area (Å²) in [6.07, 6.45) is 19.1. The van der Waals surface area contributed by atoms with E-state index in [4.69, 9.17) is 21.4 Å². The third kappa shape index (κ3) is 31.1. The number of rotatable bonds is 32. The Bertz CT molecular complexity index is 6840. The van der Waals surface area contributed by atoms with Crippen molar-refractivity contribution in [3.8, 4) is 34.9 Å². The number of aromatic nitrogens is 5. The molecule has 1 N–H and O–H groups in total. The molecule has 0 saturated carbocycles. The normalized spacial score (nSPS) is 16.4. The van der Waals surface area contributed by atoms with Gasteiger partial charge >= 0.3 is 0 Å². The maximum Gasteiger partial charge on any atom is 0.267 e. The van der Waals surface area contributed by atoms with Crippen molar-refractivity contribution in [1.82, 2.24) is 20.9 Å². The summed E-state index contributed by atoms with van der Waals surface area (Å²) in [6.45, 7) is 73.4. The van der Waals surface area contributed by atoms with E-state index in [1.54, 1.807) is 86.9 Å². The molecule has 33 heteroatoms. The van der Waals surface area contributed by atoms with Crippen molar-refractivity contribution in [2.45, 2.75) is 387 Å². The lowest BCUT2D eigenvalue weighted by Crippen LogP contribution is -2.43. The van der Waals surface area contributed by atoms with Crippen LogP contribution in [0.3, 0.4) is 0 Å². The van der Waals surface area contributed by atoms with Gasteiger partial charge in [0, 0.05) is 142 Å². The van der Waals surface area contributed by atoms with Crippen molar-refractivity contribution in [3.05, 3.63) is 254 Å². The zero-order chi connectivity index (χ0) is 112. The molecule has 4 atom stereocenters. The topological polar surface area (TPSA) is 312 Å². The summed E-state index contributed by atoms with van der Waals surface area (Å²) in [5.74, 6) is 6.87. The molecule has 0 aliphatic carbocycles. The number of ketones is 1. The first kappa shape index (κ1) is 126. The molecule has 0 radical (unpaired) electrons. The second kappa shape index (κ2) is 51.4. The molecule has 0 amide bonds. The number of hydrogen-bond acceptors (Lipinski definition) is 16. The summed E-state index contributed by atoms with van der Waals surface area (Å²) in [6, 6.07) is 35.5. The molecule has 12 rings (SSSR count). The molecule has 8 heterocycles. The average Bonchev–Trinajstić information content (AvgIpc) is 1.62. The van der Waals surface area contributed by atoms with Crippen molar-refractivity contribution in [1.29, 1.82) is 0 Å². The van der Waals surface area contributed by atoms with Crippen LogP contribution in [0.1, 0.15) is 295 Å². The van der Waals surface area contributed by atoms with Gasteiger partial charge in [0.2, 0.25) is 12.6 Å². The van der Waals surface area contributed by atoms with E-state index in [0.29, 0.717) is 93.2 Å². The second-order valence-corrected chi connectivity index (χ2v) is 73.1. The van der Waals surface area contributed by atoms with Crippen LogP contribution in [0.5, 0.6) is 0 Å². The maximum absolute atomic E-state index is 13.8. The van der Waals surface area contributed by atoms with Gasteiger partial charge in [-0.05, 0) is 267 Å².